The molecule has 3 heterocycles. The number of rotatable bonds is 5. The molecule has 0 N–H and O–H groups in total. The number of hydrogen-bond donors (Lipinski definition) is 0. The van der Waals surface area contributed by atoms with E-state index >= 15 is 0 Å². The lowest BCUT2D eigenvalue weighted by Crippen LogP contribution is -2.10. The Kier molecular flexibility index (Phi) is 6.80. The van der Waals surface area contributed by atoms with Crippen molar-refractivity contribution in [1.29, 1.82) is 0 Å². The van der Waals surface area contributed by atoms with Crippen LogP contribution in [0.25, 0.3) is 91.5 Å². The molecule has 0 fully saturated rings. The van der Waals surface area contributed by atoms with Crippen LogP contribution in [0.15, 0.2) is 199 Å². The molecule has 0 atom stereocenters. The molecule has 0 radical (unpaired) electrons. The third-order valence-corrected chi connectivity index (χ3v) is 12.6. The Morgan fingerprint density at radius 3 is 2.00 bits per heavy atom. The fourth-order valence-electron chi connectivity index (χ4n) is 8.75. The molecule has 0 saturated carbocycles. The molecule has 3 aromatic heterocycles. The summed E-state index contributed by atoms with van der Waals surface area (Å²) >= 11 is 1.86. The number of hydrogen-bond acceptors (Lipinski definition) is 3. The standard InChI is InChI=1S/C52H32N2OS/c1-2-11-37(12-3-1)54-46-17-7-4-13-40(46)41-27-26-39(32-48(41)54)53(47-18-10-16-44-43-15-6-9-20-51(43)56-52(44)47)38-25-23-34-29-33(21-22-35(34)30-38)36-24-28-50-45(31-36)42-14-5-8-19-49(42)55-50/h1-32H. The summed E-state index contributed by atoms with van der Waals surface area (Å²) in [5.41, 5.74) is 11.1. The van der Waals surface area contributed by atoms with Gasteiger partial charge >= 0.3 is 0 Å². The number of furan rings is 1. The van der Waals surface area contributed by atoms with Crippen molar-refractivity contribution in [1.82, 2.24) is 4.57 Å². The third-order valence-electron chi connectivity index (χ3n) is 11.3. The van der Waals surface area contributed by atoms with Crippen LogP contribution in [-0.2, 0) is 0 Å². The largest absolute Gasteiger partial charge is 0.456 e. The topological polar surface area (TPSA) is 21.3 Å². The summed E-state index contributed by atoms with van der Waals surface area (Å²) < 4.78 is 11.1. The van der Waals surface area contributed by atoms with Crippen LogP contribution in [0.1, 0.15) is 0 Å². The van der Waals surface area contributed by atoms with Crippen LogP contribution in [0, 0.1) is 0 Å². The van der Waals surface area contributed by atoms with Gasteiger partial charge < -0.3 is 13.9 Å². The van der Waals surface area contributed by atoms with Gasteiger partial charge in [0.1, 0.15) is 11.2 Å². The predicted octanol–water partition coefficient (Wildman–Crippen LogP) is 15.3. The molecule has 0 spiro atoms. The first kappa shape index (κ1) is 31.2. The summed E-state index contributed by atoms with van der Waals surface area (Å²) in [6, 6.07) is 70.4. The number of thiophene rings is 1. The molecule has 0 bridgehead atoms. The second kappa shape index (κ2) is 12.2. The molecule has 0 aliphatic rings. The maximum absolute atomic E-state index is 6.13. The monoisotopic (exact) mass is 732 g/mol. The van der Waals surface area contributed by atoms with Crippen molar-refractivity contribution < 1.29 is 4.42 Å². The highest BCUT2D eigenvalue weighted by atomic mass is 32.1. The highest BCUT2D eigenvalue weighted by molar-refractivity contribution is 7.26. The highest BCUT2D eigenvalue weighted by Gasteiger charge is 2.21. The van der Waals surface area contributed by atoms with Gasteiger partial charge in [0, 0.05) is 54.1 Å². The van der Waals surface area contributed by atoms with Gasteiger partial charge in [-0.2, -0.15) is 0 Å². The van der Waals surface area contributed by atoms with E-state index in [9.17, 15) is 0 Å². The molecule has 0 aliphatic carbocycles. The van der Waals surface area contributed by atoms with Crippen molar-refractivity contribution in [2.45, 2.75) is 0 Å². The summed E-state index contributed by atoms with van der Waals surface area (Å²) in [5.74, 6) is 0. The van der Waals surface area contributed by atoms with Crippen LogP contribution < -0.4 is 4.90 Å². The second-order valence-corrected chi connectivity index (χ2v) is 15.6. The molecule has 56 heavy (non-hydrogen) atoms. The van der Waals surface area contributed by atoms with E-state index in [1.54, 1.807) is 0 Å². The molecule has 0 aliphatic heterocycles. The first-order valence-corrected chi connectivity index (χ1v) is 19.8. The summed E-state index contributed by atoms with van der Waals surface area (Å²) in [4.78, 5) is 2.45. The van der Waals surface area contributed by atoms with E-state index in [-0.39, 0.29) is 0 Å². The fraction of sp³-hybridized carbons (Fsp3) is 0. The molecule has 0 saturated heterocycles. The van der Waals surface area contributed by atoms with Crippen molar-refractivity contribution >= 4 is 103 Å². The Morgan fingerprint density at radius 2 is 1.07 bits per heavy atom. The van der Waals surface area contributed by atoms with Crippen LogP contribution in [0.3, 0.4) is 0 Å². The Bertz CT molecular complexity index is 3500. The van der Waals surface area contributed by atoms with E-state index in [4.69, 9.17) is 4.42 Å². The summed E-state index contributed by atoms with van der Waals surface area (Å²) in [5, 5.41) is 9.73. The van der Waals surface area contributed by atoms with Crippen LogP contribution in [-0.4, -0.2) is 4.57 Å². The first-order valence-electron chi connectivity index (χ1n) is 19.0. The maximum atomic E-state index is 6.13. The minimum absolute atomic E-state index is 0.913. The van der Waals surface area contributed by atoms with Gasteiger partial charge in [-0.1, -0.05) is 115 Å². The van der Waals surface area contributed by atoms with E-state index in [0.29, 0.717) is 0 Å². The van der Waals surface area contributed by atoms with E-state index in [0.717, 1.165) is 39.0 Å². The van der Waals surface area contributed by atoms with Gasteiger partial charge in [-0.25, -0.2) is 0 Å². The number of aromatic nitrogens is 1. The number of fused-ring (bicyclic) bond motifs is 10. The molecule has 0 amide bonds. The quantitative estimate of drug-likeness (QED) is 0.176. The average molecular weight is 733 g/mol. The molecule has 262 valence electrons. The van der Waals surface area contributed by atoms with Crippen molar-refractivity contribution in [3.8, 4) is 16.8 Å². The highest BCUT2D eigenvalue weighted by Crippen LogP contribution is 2.46. The average Bonchev–Trinajstić information content (AvgIpc) is 3.93. The second-order valence-electron chi connectivity index (χ2n) is 14.5. The van der Waals surface area contributed by atoms with E-state index < -0.39 is 0 Å². The van der Waals surface area contributed by atoms with E-state index in [2.05, 4.69) is 191 Å². The van der Waals surface area contributed by atoms with Gasteiger partial charge in [0.15, 0.2) is 0 Å². The zero-order valence-electron chi connectivity index (χ0n) is 30.2. The lowest BCUT2D eigenvalue weighted by molar-refractivity contribution is 0.669. The number of anilines is 3. The van der Waals surface area contributed by atoms with Gasteiger partial charge in [0.2, 0.25) is 0 Å². The van der Waals surface area contributed by atoms with Crippen molar-refractivity contribution in [2.24, 2.45) is 0 Å². The molecule has 4 heteroatoms. The predicted molar refractivity (Wildman–Crippen MR) is 239 cm³/mol. The lowest BCUT2D eigenvalue weighted by Gasteiger charge is -2.27. The SMILES string of the molecule is c1ccc(-n2c3ccccc3c3ccc(N(c4ccc5cc(-c6ccc7oc8ccccc8c7c6)ccc5c4)c4cccc5c4sc4ccccc45)cc32)cc1. The molecule has 12 aromatic rings. The molecular weight excluding hydrogens is 701 g/mol. The van der Waals surface area contributed by atoms with E-state index in [1.165, 1.54) is 69.6 Å². The molecular formula is C52H32N2OS. The summed E-state index contributed by atoms with van der Waals surface area (Å²) in [6.45, 7) is 0. The van der Waals surface area contributed by atoms with Gasteiger partial charge in [-0.05, 0) is 101 Å². The maximum Gasteiger partial charge on any atom is 0.135 e. The zero-order valence-corrected chi connectivity index (χ0v) is 31.0. The molecule has 0 unspecified atom stereocenters. The van der Waals surface area contributed by atoms with Crippen LogP contribution >= 0.6 is 11.3 Å². The van der Waals surface area contributed by atoms with Crippen LogP contribution in [0.2, 0.25) is 0 Å². The van der Waals surface area contributed by atoms with Gasteiger partial charge in [0.25, 0.3) is 0 Å². The minimum Gasteiger partial charge on any atom is -0.456 e. The van der Waals surface area contributed by atoms with Gasteiger partial charge in [0.05, 0.1) is 21.4 Å². The molecule has 12 rings (SSSR count). The third kappa shape index (κ3) is 4.76. The van der Waals surface area contributed by atoms with Gasteiger partial charge in [-0.15, -0.1) is 11.3 Å². The summed E-state index contributed by atoms with van der Waals surface area (Å²) in [7, 11) is 0. The lowest BCUT2D eigenvalue weighted by atomic mass is 9.99. The Morgan fingerprint density at radius 1 is 0.411 bits per heavy atom. The van der Waals surface area contributed by atoms with Crippen molar-refractivity contribution in [3.05, 3.63) is 194 Å². The zero-order chi connectivity index (χ0) is 36.7. The molecule has 3 nitrogen and oxygen atoms in total. The smallest absolute Gasteiger partial charge is 0.135 e. The molecule has 9 aromatic carbocycles. The number of benzene rings is 9. The Labute approximate surface area is 326 Å². The number of para-hydroxylation sites is 3. The van der Waals surface area contributed by atoms with Crippen molar-refractivity contribution in [3.63, 3.8) is 0 Å². The van der Waals surface area contributed by atoms with Crippen LogP contribution in [0.5, 0.6) is 0 Å². The Hall–Kier alpha value is -7.14. The minimum atomic E-state index is 0.913. The normalized spacial score (nSPS) is 11.9. The van der Waals surface area contributed by atoms with Gasteiger partial charge in [-0.3, -0.25) is 0 Å². The van der Waals surface area contributed by atoms with Crippen LogP contribution in [0.4, 0.5) is 17.1 Å². The number of nitrogens with zero attached hydrogens (tertiary/aromatic N) is 2. The van der Waals surface area contributed by atoms with E-state index in [1.807, 2.05) is 23.5 Å². The Balaban J connectivity index is 1.05. The summed E-state index contributed by atoms with van der Waals surface area (Å²) in [6.07, 6.45) is 0. The fourth-order valence-corrected chi connectivity index (χ4v) is 9.95. The first-order chi connectivity index (χ1) is 27.7. The van der Waals surface area contributed by atoms with Crippen molar-refractivity contribution in [2.75, 3.05) is 4.90 Å².